The van der Waals surface area contributed by atoms with E-state index in [-0.39, 0.29) is 47.3 Å². The lowest BCUT2D eigenvalue weighted by atomic mass is 9.38. The van der Waals surface area contributed by atoms with E-state index in [0.717, 1.165) is 18.4 Å². The van der Waals surface area contributed by atoms with E-state index < -0.39 is 221 Å². The number of allylic oxidation sites excluding steroid dienone is 1. The molecule has 5 aliphatic carbocycles. The van der Waals surface area contributed by atoms with Crippen molar-refractivity contribution < 1.29 is 140 Å². The quantitative estimate of drug-likeness (QED) is 0.0509. The summed E-state index contributed by atoms with van der Waals surface area (Å²) in [5.41, 5.74) is -2.43. The maximum absolute atomic E-state index is 12.8. The predicted molar refractivity (Wildman–Crippen MR) is 303 cm³/mol. The first-order chi connectivity index (χ1) is 41.6. The second kappa shape index (κ2) is 27.6. The van der Waals surface area contributed by atoms with Crippen LogP contribution in [0.5, 0.6) is 0 Å². The highest BCUT2D eigenvalue weighted by Gasteiger charge is 2.70. The standard InChI is InChI=1S/C61H104O28/c1-24(9-13-37(58(4,5)80)88-56-52(89-55-51(79)46(74)41(69)31(21-64)84-55)48(76)43(71)32(86-56)22-81-29-17-25(19-62)38(66)44(72)39(29)67)26-15-16-59(6)34-12-10-27-28(61(34,8)35(65)18-60(26,59)7)11-14-36(57(27,2)3)87-54-50(78)47(75)42(70)33(85-54)23-82-53-49(77)45(73)40(68)30(20-63)83-53/h10,24-26,28-56,62-80H,9,11-23H2,1-8H3/t24-,25-,26-,28-,29-,30-,31-,32-,33-,34+,35-,36+,37-,38-,39+,40-,41-,42-,43-,44+,45+,46+,47+,48+,49-,50-,51-,52-,53-,54+,55+,56+,59+,60-,61+/m1/s1. The predicted octanol–water partition coefficient (Wildman–Crippen LogP) is -4.74. The summed E-state index contributed by atoms with van der Waals surface area (Å²) in [6, 6.07) is 0. The van der Waals surface area contributed by atoms with Crippen molar-refractivity contribution in [2.24, 2.45) is 51.2 Å². The zero-order chi connectivity index (χ0) is 65.5. The van der Waals surface area contributed by atoms with Gasteiger partial charge in [0.15, 0.2) is 25.2 Å². The summed E-state index contributed by atoms with van der Waals surface area (Å²) < 4.78 is 54.2. The van der Waals surface area contributed by atoms with Gasteiger partial charge in [-0.3, -0.25) is 0 Å². The lowest BCUT2D eigenvalue weighted by Gasteiger charge is -2.67. The number of rotatable bonds is 20. The summed E-state index contributed by atoms with van der Waals surface area (Å²) in [4.78, 5) is 0. The van der Waals surface area contributed by atoms with Gasteiger partial charge < -0.3 is 140 Å². The molecular weight excluding hydrogens is 1180 g/mol. The second-order valence-corrected chi connectivity index (χ2v) is 29.2. The van der Waals surface area contributed by atoms with Crippen LogP contribution in [0, 0.1) is 51.2 Å². The van der Waals surface area contributed by atoms with Crippen LogP contribution in [0.15, 0.2) is 11.6 Å². The fourth-order valence-corrected chi connectivity index (χ4v) is 17.5. The fourth-order valence-electron chi connectivity index (χ4n) is 17.5. The summed E-state index contributed by atoms with van der Waals surface area (Å²) in [6.45, 7) is 13.0. The first kappa shape index (κ1) is 71.9. The third-order valence-corrected chi connectivity index (χ3v) is 23.4. The van der Waals surface area contributed by atoms with Gasteiger partial charge >= 0.3 is 0 Å². The largest absolute Gasteiger partial charge is 0.396 e. The van der Waals surface area contributed by atoms with E-state index in [9.17, 15) is 97.0 Å². The molecule has 28 heteroatoms. The Kier molecular flexibility index (Phi) is 22.3. The van der Waals surface area contributed by atoms with Crippen molar-refractivity contribution in [3.63, 3.8) is 0 Å². The van der Waals surface area contributed by atoms with Crippen molar-refractivity contribution in [2.75, 3.05) is 33.0 Å². The molecule has 4 saturated carbocycles. The lowest BCUT2D eigenvalue weighted by molar-refractivity contribution is -0.377. The van der Waals surface area contributed by atoms with Gasteiger partial charge in [0.1, 0.15) is 110 Å². The van der Waals surface area contributed by atoms with E-state index in [1.807, 2.05) is 13.8 Å². The molecule has 0 bridgehead atoms. The number of aliphatic hydroxyl groups excluding tert-OH is 18. The molecule has 19 N–H and O–H groups in total. The third kappa shape index (κ3) is 13.1. The summed E-state index contributed by atoms with van der Waals surface area (Å²) in [5.74, 6) is -0.843. The monoisotopic (exact) mass is 1280 g/mol. The Bertz CT molecular complexity index is 2340. The molecule has 0 aromatic heterocycles. The molecule has 4 heterocycles. The van der Waals surface area contributed by atoms with E-state index in [1.165, 1.54) is 13.8 Å². The van der Waals surface area contributed by atoms with Crippen molar-refractivity contribution in [3.05, 3.63) is 11.6 Å². The Morgan fingerprint density at radius 3 is 1.65 bits per heavy atom. The van der Waals surface area contributed by atoms with E-state index in [1.54, 1.807) is 0 Å². The Balaban J connectivity index is 0.883. The molecule has 0 aromatic rings. The van der Waals surface area contributed by atoms with E-state index in [0.29, 0.717) is 32.1 Å². The van der Waals surface area contributed by atoms with Crippen molar-refractivity contribution in [1.29, 1.82) is 0 Å². The van der Waals surface area contributed by atoms with Crippen LogP contribution < -0.4 is 0 Å². The minimum atomic E-state index is -1.93. The smallest absolute Gasteiger partial charge is 0.187 e. The molecule has 89 heavy (non-hydrogen) atoms. The Hall–Kier alpha value is -1.38. The molecule has 9 aliphatic rings. The van der Waals surface area contributed by atoms with Crippen LogP contribution in [-0.4, -0.2) is 301 Å². The highest BCUT2D eigenvalue weighted by Crippen LogP contribution is 2.75. The van der Waals surface area contributed by atoms with Crippen molar-refractivity contribution in [3.8, 4) is 0 Å². The number of ether oxygens (including phenoxy) is 9. The van der Waals surface area contributed by atoms with Gasteiger partial charge in [0, 0.05) is 23.4 Å². The van der Waals surface area contributed by atoms with E-state index in [2.05, 4.69) is 33.8 Å². The van der Waals surface area contributed by atoms with Crippen molar-refractivity contribution in [1.82, 2.24) is 0 Å². The van der Waals surface area contributed by atoms with Gasteiger partial charge in [0.2, 0.25) is 0 Å². The first-order valence-electron chi connectivity index (χ1n) is 31.9. The van der Waals surface area contributed by atoms with Crippen molar-refractivity contribution in [2.45, 2.75) is 284 Å². The molecule has 0 amide bonds. The molecule has 0 unspecified atom stereocenters. The molecule has 516 valence electrons. The molecule has 0 spiro atoms. The molecule has 4 saturated heterocycles. The van der Waals surface area contributed by atoms with Gasteiger partial charge in [0.05, 0.1) is 62.5 Å². The number of hydrogen-bond donors (Lipinski definition) is 19. The van der Waals surface area contributed by atoms with Crippen LogP contribution in [0.4, 0.5) is 0 Å². The van der Waals surface area contributed by atoms with Crippen LogP contribution >= 0.6 is 0 Å². The van der Waals surface area contributed by atoms with Crippen LogP contribution in [0.1, 0.15) is 113 Å². The van der Waals surface area contributed by atoms with E-state index >= 15 is 0 Å². The SMILES string of the molecule is C[C@H](CC[C@@H](O[C@@H]1O[C@H](CO[C@@H]2C[C@H](CO)[C@@H](O)[C@H](O)[C@H]2O)[C@@H](O)[C@H](O)[C@H]1O[C@@H]1O[C@H](CO)[C@@H](O)[C@H](O)[C@H]1O)C(C)(C)O)[C@H]1CC[C@@]2(C)[C@@H]3CC=C4[C@@H](CC[C@H](O[C@@H]5O[C@H](CO[C@@H]6O[C@H](CO)[C@@H](O)[C@H](O)[C@H]6O)[C@@H](O)[C@H](O)[C@H]5O)C4(C)C)[C@]3(C)[C@H](O)C[C@]12C. The number of fused-ring (bicyclic) bond motifs is 5. The minimum Gasteiger partial charge on any atom is -0.396 e. The maximum Gasteiger partial charge on any atom is 0.187 e. The molecule has 0 aromatic carbocycles. The van der Waals surface area contributed by atoms with Gasteiger partial charge in [-0.1, -0.05) is 53.2 Å². The van der Waals surface area contributed by atoms with Gasteiger partial charge in [-0.2, -0.15) is 0 Å². The minimum absolute atomic E-state index is 0.0237. The zero-order valence-corrected chi connectivity index (χ0v) is 52.1. The normalized spacial score (nSPS) is 51.8. The number of hydrogen-bond acceptors (Lipinski definition) is 28. The molecule has 9 rings (SSSR count). The Labute approximate surface area is 518 Å². The summed E-state index contributed by atoms with van der Waals surface area (Å²) in [5, 5.41) is 206. The topological polar surface area (TPSA) is 467 Å². The second-order valence-electron chi connectivity index (χ2n) is 29.2. The zero-order valence-electron chi connectivity index (χ0n) is 52.1. The Morgan fingerprint density at radius 1 is 0.551 bits per heavy atom. The highest BCUT2D eigenvalue weighted by atomic mass is 16.8. The Morgan fingerprint density at radius 2 is 1.07 bits per heavy atom. The molecule has 4 aliphatic heterocycles. The van der Waals surface area contributed by atoms with Crippen LogP contribution in [0.2, 0.25) is 0 Å². The van der Waals surface area contributed by atoms with Gasteiger partial charge in [-0.25, -0.2) is 0 Å². The number of aliphatic hydroxyl groups is 19. The average Bonchev–Trinajstić information content (AvgIpc) is 1.66. The molecule has 8 fully saturated rings. The first-order valence-corrected chi connectivity index (χ1v) is 31.9. The van der Waals surface area contributed by atoms with Gasteiger partial charge in [0.25, 0.3) is 0 Å². The average molecular weight is 1290 g/mol. The van der Waals surface area contributed by atoms with Crippen molar-refractivity contribution >= 4 is 0 Å². The van der Waals surface area contributed by atoms with Crippen LogP contribution in [-0.2, 0) is 42.6 Å². The molecule has 28 nitrogen and oxygen atoms in total. The van der Waals surface area contributed by atoms with Gasteiger partial charge in [-0.05, 0) is 106 Å². The summed E-state index contributed by atoms with van der Waals surface area (Å²) in [6.07, 6.45) is -34.6. The summed E-state index contributed by atoms with van der Waals surface area (Å²) in [7, 11) is 0. The van der Waals surface area contributed by atoms with Crippen LogP contribution in [0.25, 0.3) is 0 Å². The fraction of sp³-hybridized carbons (Fsp3) is 0.967. The molecule has 0 radical (unpaired) electrons. The van der Waals surface area contributed by atoms with E-state index in [4.69, 9.17) is 42.6 Å². The van der Waals surface area contributed by atoms with Crippen LogP contribution in [0.3, 0.4) is 0 Å². The maximum atomic E-state index is 12.8. The summed E-state index contributed by atoms with van der Waals surface area (Å²) >= 11 is 0. The lowest BCUT2D eigenvalue weighted by Crippen LogP contribution is -2.65. The van der Waals surface area contributed by atoms with Gasteiger partial charge in [-0.15, -0.1) is 0 Å². The molecular formula is C61H104O28. The highest BCUT2D eigenvalue weighted by molar-refractivity contribution is 5.32. The molecule has 35 atom stereocenters. The third-order valence-electron chi connectivity index (χ3n) is 23.4.